The first-order chi connectivity index (χ1) is 8.67. The van der Waals surface area contributed by atoms with Crippen molar-refractivity contribution in [2.24, 2.45) is 0 Å². The molecule has 1 saturated carbocycles. The van der Waals surface area contributed by atoms with E-state index >= 15 is 0 Å². The highest BCUT2D eigenvalue weighted by Gasteiger charge is 2.43. The van der Waals surface area contributed by atoms with E-state index in [1.54, 1.807) is 0 Å². The molecule has 3 heteroatoms. The van der Waals surface area contributed by atoms with E-state index in [0.29, 0.717) is 12.8 Å². The maximum Gasteiger partial charge on any atom is 0.316 e. The molecular formula is C15H20O3. The molecule has 0 heterocycles. The molecule has 1 aliphatic rings. The van der Waals surface area contributed by atoms with E-state index in [-0.39, 0.29) is 5.97 Å². The number of ether oxygens (including phenoxy) is 1. The lowest BCUT2D eigenvalue weighted by Gasteiger charge is -2.37. The van der Waals surface area contributed by atoms with Crippen molar-refractivity contribution in [2.45, 2.75) is 43.6 Å². The SMILES string of the molecule is COC(=O)C(c1ccccc1)C1(O)CCCCC1. The molecule has 98 valence electrons. The summed E-state index contributed by atoms with van der Waals surface area (Å²) in [5, 5.41) is 10.8. The number of rotatable bonds is 3. The summed E-state index contributed by atoms with van der Waals surface area (Å²) in [6, 6.07) is 9.44. The summed E-state index contributed by atoms with van der Waals surface area (Å²) in [6.07, 6.45) is 4.40. The second-order valence-electron chi connectivity index (χ2n) is 5.03. The van der Waals surface area contributed by atoms with Gasteiger partial charge in [0.05, 0.1) is 12.7 Å². The molecule has 1 N–H and O–H groups in total. The summed E-state index contributed by atoms with van der Waals surface area (Å²) in [6.45, 7) is 0. The first-order valence-corrected chi connectivity index (χ1v) is 6.52. The van der Waals surface area contributed by atoms with E-state index in [9.17, 15) is 9.90 Å². The minimum absolute atomic E-state index is 0.342. The lowest BCUT2D eigenvalue weighted by molar-refractivity contribution is -0.151. The third-order valence-electron chi connectivity index (χ3n) is 3.83. The molecule has 2 rings (SSSR count). The van der Waals surface area contributed by atoms with Crippen LogP contribution in [0, 0.1) is 0 Å². The third kappa shape index (κ3) is 2.56. The molecule has 0 spiro atoms. The van der Waals surface area contributed by atoms with Crippen molar-refractivity contribution in [3.05, 3.63) is 35.9 Å². The maximum atomic E-state index is 12.0. The van der Waals surface area contributed by atoms with E-state index in [1.807, 2.05) is 30.3 Å². The average molecular weight is 248 g/mol. The van der Waals surface area contributed by atoms with Crippen molar-refractivity contribution in [2.75, 3.05) is 7.11 Å². The van der Waals surface area contributed by atoms with Gasteiger partial charge in [-0.25, -0.2) is 0 Å². The van der Waals surface area contributed by atoms with E-state index in [2.05, 4.69) is 0 Å². The Bertz CT molecular complexity index is 393. The van der Waals surface area contributed by atoms with E-state index in [0.717, 1.165) is 24.8 Å². The van der Waals surface area contributed by atoms with Crippen LogP contribution in [0.1, 0.15) is 43.6 Å². The van der Waals surface area contributed by atoms with Gasteiger partial charge in [0.2, 0.25) is 0 Å². The minimum atomic E-state index is -0.952. The van der Waals surface area contributed by atoms with Gasteiger partial charge in [-0.3, -0.25) is 4.79 Å². The molecule has 0 saturated heterocycles. The van der Waals surface area contributed by atoms with Gasteiger partial charge in [0, 0.05) is 0 Å². The molecule has 1 fully saturated rings. The molecule has 0 radical (unpaired) electrons. The van der Waals surface area contributed by atoms with Gasteiger partial charge in [-0.15, -0.1) is 0 Å². The number of carbonyl (C=O) groups excluding carboxylic acids is 1. The van der Waals surface area contributed by atoms with Gasteiger partial charge >= 0.3 is 5.97 Å². The monoisotopic (exact) mass is 248 g/mol. The zero-order valence-electron chi connectivity index (χ0n) is 10.8. The summed E-state index contributed by atoms with van der Waals surface area (Å²) in [5.74, 6) is -0.908. The van der Waals surface area contributed by atoms with Gasteiger partial charge in [0.25, 0.3) is 0 Å². The van der Waals surface area contributed by atoms with Crippen LogP contribution in [-0.2, 0) is 9.53 Å². The van der Waals surface area contributed by atoms with Crippen LogP contribution in [0.2, 0.25) is 0 Å². The van der Waals surface area contributed by atoms with Crippen LogP contribution in [0.25, 0.3) is 0 Å². The molecule has 0 bridgehead atoms. The third-order valence-corrected chi connectivity index (χ3v) is 3.83. The summed E-state index contributed by atoms with van der Waals surface area (Å²) < 4.78 is 4.89. The first kappa shape index (κ1) is 13.1. The van der Waals surface area contributed by atoms with Gasteiger partial charge in [-0.1, -0.05) is 49.6 Å². The molecule has 0 amide bonds. The number of benzene rings is 1. The molecule has 1 aromatic rings. The van der Waals surface area contributed by atoms with Crippen LogP contribution in [0.15, 0.2) is 30.3 Å². The Morgan fingerprint density at radius 2 is 1.83 bits per heavy atom. The van der Waals surface area contributed by atoms with Crippen LogP contribution < -0.4 is 0 Å². The smallest absolute Gasteiger partial charge is 0.316 e. The zero-order valence-corrected chi connectivity index (χ0v) is 10.8. The van der Waals surface area contributed by atoms with Crippen LogP contribution in [0.5, 0.6) is 0 Å². The van der Waals surface area contributed by atoms with Gasteiger partial charge in [-0.2, -0.15) is 0 Å². The molecule has 1 aliphatic carbocycles. The summed E-state index contributed by atoms with van der Waals surface area (Å²) in [7, 11) is 1.38. The minimum Gasteiger partial charge on any atom is -0.468 e. The number of esters is 1. The molecule has 0 aliphatic heterocycles. The lowest BCUT2D eigenvalue weighted by atomic mass is 9.73. The Hall–Kier alpha value is -1.35. The van der Waals surface area contributed by atoms with Gasteiger partial charge in [0.15, 0.2) is 0 Å². The second-order valence-corrected chi connectivity index (χ2v) is 5.03. The number of hydrogen-bond acceptors (Lipinski definition) is 3. The molecule has 3 nitrogen and oxygen atoms in total. The topological polar surface area (TPSA) is 46.5 Å². The Labute approximate surface area is 108 Å². The van der Waals surface area contributed by atoms with Crippen LogP contribution in [-0.4, -0.2) is 23.8 Å². The van der Waals surface area contributed by atoms with Crippen LogP contribution in [0.4, 0.5) is 0 Å². The summed E-state index contributed by atoms with van der Waals surface area (Å²) >= 11 is 0. The number of hydrogen-bond donors (Lipinski definition) is 1. The van der Waals surface area contributed by atoms with Crippen molar-refractivity contribution in [1.29, 1.82) is 0 Å². The predicted molar refractivity (Wildman–Crippen MR) is 69.2 cm³/mol. The largest absolute Gasteiger partial charge is 0.468 e. The Morgan fingerprint density at radius 3 is 2.39 bits per heavy atom. The van der Waals surface area contributed by atoms with Crippen molar-refractivity contribution < 1.29 is 14.6 Å². The van der Waals surface area contributed by atoms with Gasteiger partial charge in [-0.05, 0) is 18.4 Å². The molecule has 1 unspecified atom stereocenters. The molecular weight excluding hydrogens is 228 g/mol. The average Bonchev–Trinajstić information content (AvgIpc) is 2.40. The Kier molecular flexibility index (Phi) is 4.02. The normalized spacial score (nSPS) is 20.1. The van der Waals surface area contributed by atoms with Crippen molar-refractivity contribution in [3.8, 4) is 0 Å². The number of aliphatic hydroxyl groups is 1. The maximum absolute atomic E-state index is 12.0. The molecule has 18 heavy (non-hydrogen) atoms. The fourth-order valence-corrected chi connectivity index (χ4v) is 2.88. The highest BCUT2D eigenvalue weighted by Crippen LogP contribution is 2.40. The molecule has 1 atom stereocenters. The molecule has 0 aromatic heterocycles. The standard InChI is InChI=1S/C15H20O3/c1-18-14(16)13(12-8-4-2-5-9-12)15(17)10-6-3-7-11-15/h2,4-5,8-9,13,17H,3,6-7,10-11H2,1H3. The Morgan fingerprint density at radius 1 is 1.22 bits per heavy atom. The number of carbonyl (C=O) groups is 1. The van der Waals surface area contributed by atoms with Crippen molar-refractivity contribution in [1.82, 2.24) is 0 Å². The van der Waals surface area contributed by atoms with Gasteiger partial charge < -0.3 is 9.84 Å². The van der Waals surface area contributed by atoms with Crippen LogP contribution in [0.3, 0.4) is 0 Å². The Balaban J connectivity index is 2.33. The quantitative estimate of drug-likeness (QED) is 0.836. The predicted octanol–water partition coefficient (Wildman–Crippen LogP) is 2.64. The summed E-state index contributed by atoms with van der Waals surface area (Å²) in [4.78, 5) is 12.0. The summed E-state index contributed by atoms with van der Waals surface area (Å²) in [5.41, 5.74) is -0.110. The fourth-order valence-electron chi connectivity index (χ4n) is 2.88. The lowest BCUT2D eigenvalue weighted by Crippen LogP contribution is -2.42. The van der Waals surface area contributed by atoms with E-state index in [1.165, 1.54) is 7.11 Å². The fraction of sp³-hybridized carbons (Fsp3) is 0.533. The van der Waals surface area contributed by atoms with E-state index < -0.39 is 11.5 Å². The van der Waals surface area contributed by atoms with E-state index in [4.69, 9.17) is 4.74 Å². The highest BCUT2D eigenvalue weighted by molar-refractivity contribution is 5.79. The number of methoxy groups -OCH3 is 1. The van der Waals surface area contributed by atoms with Crippen LogP contribution >= 0.6 is 0 Å². The van der Waals surface area contributed by atoms with Crippen molar-refractivity contribution >= 4 is 5.97 Å². The molecule has 1 aromatic carbocycles. The second kappa shape index (κ2) is 5.53. The van der Waals surface area contributed by atoms with Crippen molar-refractivity contribution in [3.63, 3.8) is 0 Å². The highest BCUT2D eigenvalue weighted by atomic mass is 16.5. The van der Waals surface area contributed by atoms with Gasteiger partial charge in [0.1, 0.15) is 5.92 Å². The first-order valence-electron chi connectivity index (χ1n) is 6.52. The zero-order chi connectivity index (χ0) is 13.0.